The molecule has 10 heteroatoms. The topological polar surface area (TPSA) is 91.5 Å². The molecule has 0 aliphatic rings. The first-order valence-electron chi connectivity index (χ1n) is 8.74. The number of carbonyl (C=O) groups excluding carboxylic acids is 1. The molecule has 0 aliphatic heterocycles. The van der Waals surface area contributed by atoms with Gasteiger partial charge < -0.3 is 15.1 Å². The van der Waals surface area contributed by atoms with Crippen LogP contribution in [0.4, 0.5) is 17.6 Å². The fraction of sp³-hybridized carbons (Fsp3) is 0.389. The number of amides is 1. The van der Waals surface area contributed by atoms with Crippen molar-refractivity contribution in [3.05, 3.63) is 29.3 Å². The minimum atomic E-state index is -0.104. The lowest BCUT2D eigenvalue weighted by Crippen LogP contribution is -2.21. The van der Waals surface area contributed by atoms with Crippen molar-refractivity contribution in [2.75, 3.05) is 49.1 Å². The van der Waals surface area contributed by atoms with Crippen LogP contribution in [-0.4, -0.2) is 64.4 Å². The lowest BCUT2D eigenvalue weighted by Gasteiger charge is -2.17. The fourth-order valence-corrected chi connectivity index (χ4v) is 3.27. The standard InChI is InChI=1S/C18H24N8OS/c1-11-7-8-12(2)13(9-11)19-14(27)10-28-18-23-22-16-20-15(24(3)4)21-17(25(5)6)26(16)18/h7-9H,10H2,1-6H3,(H,19,27). The molecule has 148 valence electrons. The first-order chi connectivity index (χ1) is 13.3. The summed E-state index contributed by atoms with van der Waals surface area (Å²) in [5.74, 6) is 1.74. The van der Waals surface area contributed by atoms with Gasteiger partial charge in [-0.3, -0.25) is 4.79 Å². The Kier molecular flexibility index (Phi) is 5.68. The lowest BCUT2D eigenvalue weighted by atomic mass is 10.1. The van der Waals surface area contributed by atoms with E-state index in [2.05, 4.69) is 25.5 Å². The summed E-state index contributed by atoms with van der Waals surface area (Å²) in [7, 11) is 7.52. The third-order valence-electron chi connectivity index (χ3n) is 4.02. The maximum absolute atomic E-state index is 12.4. The van der Waals surface area contributed by atoms with Gasteiger partial charge in [0, 0.05) is 33.9 Å². The van der Waals surface area contributed by atoms with Gasteiger partial charge in [0.25, 0.3) is 5.78 Å². The van der Waals surface area contributed by atoms with Crippen molar-refractivity contribution in [3.63, 3.8) is 0 Å². The minimum absolute atomic E-state index is 0.104. The van der Waals surface area contributed by atoms with Crippen LogP contribution in [0.15, 0.2) is 23.4 Å². The summed E-state index contributed by atoms with van der Waals surface area (Å²) in [6.07, 6.45) is 0. The normalized spacial score (nSPS) is 10.9. The Labute approximate surface area is 168 Å². The van der Waals surface area contributed by atoms with Crippen molar-refractivity contribution in [1.82, 2.24) is 24.6 Å². The summed E-state index contributed by atoms with van der Waals surface area (Å²) >= 11 is 1.30. The average molecular weight is 401 g/mol. The van der Waals surface area contributed by atoms with Crippen molar-refractivity contribution < 1.29 is 4.79 Å². The molecule has 0 radical (unpaired) electrons. The van der Waals surface area contributed by atoms with Gasteiger partial charge in [0.1, 0.15) is 0 Å². The average Bonchev–Trinajstić information content (AvgIpc) is 3.05. The number of aromatic nitrogens is 5. The SMILES string of the molecule is Cc1ccc(C)c(NC(=O)CSc2nnc3nc(N(C)C)nc(N(C)C)n23)c1. The van der Waals surface area contributed by atoms with Crippen LogP contribution >= 0.6 is 11.8 Å². The molecule has 1 aromatic carbocycles. The Morgan fingerprint density at radius 2 is 1.86 bits per heavy atom. The number of anilines is 3. The molecule has 3 aromatic rings. The zero-order valence-corrected chi connectivity index (χ0v) is 17.7. The van der Waals surface area contributed by atoms with Gasteiger partial charge in [0.2, 0.25) is 17.8 Å². The molecule has 2 heterocycles. The van der Waals surface area contributed by atoms with Crippen LogP contribution < -0.4 is 15.1 Å². The highest BCUT2D eigenvalue weighted by atomic mass is 32.2. The number of hydrogen-bond acceptors (Lipinski definition) is 8. The molecule has 1 N–H and O–H groups in total. The van der Waals surface area contributed by atoms with Crippen molar-refractivity contribution in [3.8, 4) is 0 Å². The van der Waals surface area contributed by atoms with E-state index in [0.717, 1.165) is 16.8 Å². The van der Waals surface area contributed by atoms with Gasteiger partial charge in [-0.05, 0) is 31.0 Å². The quantitative estimate of drug-likeness (QED) is 0.628. The van der Waals surface area contributed by atoms with E-state index in [9.17, 15) is 4.79 Å². The molecule has 1 amide bonds. The fourth-order valence-electron chi connectivity index (χ4n) is 2.54. The first kappa shape index (κ1) is 19.9. The van der Waals surface area contributed by atoms with E-state index in [4.69, 9.17) is 0 Å². The van der Waals surface area contributed by atoms with Crippen LogP contribution in [0.3, 0.4) is 0 Å². The summed E-state index contributed by atoms with van der Waals surface area (Å²) in [5, 5.41) is 11.9. The molecule has 0 aliphatic carbocycles. The molecular weight excluding hydrogens is 376 g/mol. The monoisotopic (exact) mass is 400 g/mol. The summed E-state index contributed by atoms with van der Waals surface area (Å²) in [6.45, 7) is 3.97. The van der Waals surface area contributed by atoms with Crippen molar-refractivity contribution >= 4 is 41.0 Å². The van der Waals surface area contributed by atoms with Crippen LogP contribution in [0.25, 0.3) is 5.78 Å². The predicted molar refractivity (Wildman–Crippen MR) is 113 cm³/mol. The van der Waals surface area contributed by atoms with E-state index in [1.165, 1.54) is 11.8 Å². The molecule has 0 atom stereocenters. The van der Waals surface area contributed by atoms with Gasteiger partial charge in [-0.25, -0.2) is 4.40 Å². The molecule has 2 aromatic heterocycles. The molecule has 0 saturated heterocycles. The van der Waals surface area contributed by atoms with E-state index in [1.807, 2.05) is 70.0 Å². The highest BCUT2D eigenvalue weighted by molar-refractivity contribution is 7.99. The number of benzene rings is 1. The van der Waals surface area contributed by atoms with E-state index in [-0.39, 0.29) is 11.7 Å². The Balaban J connectivity index is 1.81. The second kappa shape index (κ2) is 8.01. The van der Waals surface area contributed by atoms with Gasteiger partial charge in [-0.1, -0.05) is 23.9 Å². The van der Waals surface area contributed by atoms with Gasteiger partial charge in [0.05, 0.1) is 5.75 Å². The van der Waals surface area contributed by atoms with Crippen LogP contribution in [-0.2, 0) is 4.79 Å². The molecule has 0 fully saturated rings. The Morgan fingerprint density at radius 3 is 2.54 bits per heavy atom. The zero-order valence-electron chi connectivity index (χ0n) is 16.9. The Bertz CT molecular complexity index is 1010. The van der Waals surface area contributed by atoms with Gasteiger partial charge in [-0.15, -0.1) is 10.2 Å². The number of nitrogens with one attached hydrogen (secondary N) is 1. The third-order valence-corrected chi connectivity index (χ3v) is 4.94. The number of fused-ring (bicyclic) bond motifs is 1. The minimum Gasteiger partial charge on any atom is -0.348 e. The molecule has 3 rings (SSSR count). The first-order valence-corrected chi connectivity index (χ1v) is 9.72. The van der Waals surface area contributed by atoms with Crippen LogP contribution in [0.5, 0.6) is 0 Å². The maximum Gasteiger partial charge on any atom is 0.261 e. The highest BCUT2D eigenvalue weighted by Crippen LogP contribution is 2.23. The number of hydrogen-bond donors (Lipinski definition) is 1. The number of rotatable bonds is 6. The molecule has 0 bridgehead atoms. The molecule has 9 nitrogen and oxygen atoms in total. The molecule has 0 unspecified atom stereocenters. The van der Waals surface area contributed by atoms with Gasteiger partial charge >= 0.3 is 0 Å². The number of aryl methyl sites for hydroxylation is 2. The van der Waals surface area contributed by atoms with E-state index in [0.29, 0.717) is 22.8 Å². The summed E-state index contributed by atoms with van der Waals surface area (Å²) in [6, 6.07) is 5.98. The smallest absolute Gasteiger partial charge is 0.261 e. The van der Waals surface area contributed by atoms with Crippen LogP contribution in [0, 0.1) is 13.8 Å². The summed E-state index contributed by atoms with van der Waals surface area (Å²) in [4.78, 5) is 25.1. The van der Waals surface area contributed by atoms with Gasteiger partial charge in [0.15, 0.2) is 5.16 Å². The van der Waals surface area contributed by atoms with E-state index < -0.39 is 0 Å². The van der Waals surface area contributed by atoms with Crippen molar-refractivity contribution in [2.24, 2.45) is 0 Å². The number of nitrogens with zero attached hydrogens (tertiary/aromatic N) is 7. The molecule has 0 spiro atoms. The van der Waals surface area contributed by atoms with Crippen molar-refractivity contribution in [2.45, 2.75) is 19.0 Å². The van der Waals surface area contributed by atoms with Crippen LogP contribution in [0.1, 0.15) is 11.1 Å². The van der Waals surface area contributed by atoms with Gasteiger partial charge in [-0.2, -0.15) is 9.97 Å². The second-order valence-electron chi connectivity index (χ2n) is 6.89. The molecule has 28 heavy (non-hydrogen) atoms. The number of thioether (sulfide) groups is 1. The van der Waals surface area contributed by atoms with E-state index in [1.54, 1.807) is 4.40 Å². The molecular formula is C18H24N8OS. The largest absolute Gasteiger partial charge is 0.348 e. The molecule has 0 saturated carbocycles. The highest BCUT2D eigenvalue weighted by Gasteiger charge is 2.18. The van der Waals surface area contributed by atoms with E-state index >= 15 is 0 Å². The Hall–Kier alpha value is -2.88. The maximum atomic E-state index is 12.4. The summed E-state index contributed by atoms with van der Waals surface area (Å²) in [5.41, 5.74) is 2.95. The predicted octanol–water partition coefficient (Wildman–Crippen LogP) is 2.00. The summed E-state index contributed by atoms with van der Waals surface area (Å²) < 4.78 is 1.75. The van der Waals surface area contributed by atoms with Crippen molar-refractivity contribution in [1.29, 1.82) is 0 Å². The Morgan fingerprint density at radius 1 is 1.11 bits per heavy atom. The lowest BCUT2D eigenvalue weighted by molar-refractivity contribution is -0.113. The number of carbonyl (C=O) groups is 1. The second-order valence-corrected chi connectivity index (χ2v) is 7.83. The third kappa shape index (κ3) is 4.16. The zero-order chi connectivity index (χ0) is 20.4. The van der Waals surface area contributed by atoms with Crippen LogP contribution in [0.2, 0.25) is 0 Å².